The average molecular weight is 504 g/mol. The molecule has 0 spiro atoms. The van der Waals surface area contributed by atoms with Gasteiger partial charge in [0.05, 0.1) is 34.5 Å². The Morgan fingerprint density at radius 3 is 2.35 bits per heavy atom. The van der Waals surface area contributed by atoms with Crippen molar-refractivity contribution in [1.82, 2.24) is 14.9 Å². The molecule has 2 aromatic carbocycles. The highest BCUT2D eigenvalue weighted by molar-refractivity contribution is 5.95. The second-order valence-corrected chi connectivity index (χ2v) is 8.24. The molecule has 4 aromatic rings. The molecule has 0 radical (unpaired) electrons. The van der Waals surface area contributed by atoms with Gasteiger partial charge >= 0.3 is 0 Å². The van der Waals surface area contributed by atoms with E-state index in [1.165, 1.54) is 21.3 Å². The maximum atomic E-state index is 13.8. The number of nitrogens with zero attached hydrogens (tertiary/aromatic N) is 2. The Kier molecular flexibility index (Phi) is 7.92. The van der Waals surface area contributed by atoms with Crippen molar-refractivity contribution in [1.29, 1.82) is 0 Å². The zero-order valence-corrected chi connectivity index (χ0v) is 21.2. The molecule has 192 valence electrons. The van der Waals surface area contributed by atoms with Crippen LogP contribution >= 0.6 is 0 Å². The number of aromatic nitrogens is 2. The normalized spacial score (nSPS) is 10.7. The fraction of sp³-hybridized carbons (Fsp3) is 0.250. The number of methoxy groups -OCH3 is 3. The van der Waals surface area contributed by atoms with E-state index in [0.29, 0.717) is 46.2 Å². The molecule has 2 aromatic heterocycles. The maximum absolute atomic E-state index is 13.8. The van der Waals surface area contributed by atoms with E-state index in [-0.39, 0.29) is 24.6 Å². The van der Waals surface area contributed by atoms with Gasteiger partial charge in [0.1, 0.15) is 5.75 Å². The highest BCUT2D eigenvalue weighted by atomic mass is 16.5. The second-order valence-electron chi connectivity index (χ2n) is 8.24. The molecule has 1 amide bonds. The Labute approximate surface area is 214 Å². The number of hydrogen-bond acceptors (Lipinski definition) is 7. The summed E-state index contributed by atoms with van der Waals surface area (Å²) in [6.45, 7) is 2.74. The van der Waals surface area contributed by atoms with Gasteiger partial charge < -0.3 is 28.8 Å². The van der Waals surface area contributed by atoms with Gasteiger partial charge in [0.2, 0.25) is 5.75 Å². The van der Waals surface area contributed by atoms with Crippen LogP contribution in [0.15, 0.2) is 65.7 Å². The second kappa shape index (κ2) is 11.5. The molecule has 0 aliphatic heterocycles. The maximum Gasteiger partial charge on any atom is 0.254 e. The van der Waals surface area contributed by atoms with Gasteiger partial charge in [-0.3, -0.25) is 14.6 Å². The molecule has 0 aliphatic carbocycles. The smallest absolute Gasteiger partial charge is 0.254 e. The van der Waals surface area contributed by atoms with Crippen LogP contribution in [0, 0.1) is 0 Å². The topological polar surface area (TPSA) is 103 Å². The fourth-order valence-electron chi connectivity index (χ4n) is 4.11. The van der Waals surface area contributed by atoms with E-state index in [4.69, 9.17) is 18.9 Å². The Balaban J connectivity index is 1.75. The van der Waals surface area contributed by atoms with Crippen LogP contribution in [0.5, 0.6) is 23.0 Å². The fourth-order valence-corrected chi connectivity index (χ4v) is 4.11. The van der Waals surface area contributed by atoms with Crippen LogP contribution in [0.3, 0.4) is 0 Å². The van der Waals surface area contributed by atoms with Gasteiger partial charge in [0, 0.05) is 41.0 Å². The number of benzene rings is 2. The van der Waals surface area contributed by atoms with E-state index < -0.39 is 0 Å². The van der Waals surface area contributed by atoms with Crippen molar-refractivity contribution in [2.45, 2.75) is 20.0 Å². The van der Waals surface area contributed by atoms with Crippen molar-refractivity contribution in [2.75, 3.05) is 27.9 Å². The number of nitrogens with one attached hydrogen (secondary N) is 1. The summed E-state index contributed by atoms with van der Waals surface area (Å²) in [6, 6.07) is 14.1. The minimum Gasteiger partial charge on any atom is -0.494 e. The molecule has 9 nitrogen and oxygen atoms in total. The van der Waals surface area contributed by atoms with Gasteiger partial charge in [0.15, 0.2) is 11.5 Å². The Morgan fingerprint density at radius 2 is 1.73 bits per heavy atom. The quantitative estimate of drug-likeness (QED) is 0.346. The summed E-state index contributed by atoms with van der Waals surface area (Å²) in [5, 5.41) is 0.808. The van der Waals surface area contributed by atoms with Crippen molar-refractivity contribution in [2.24, 2.45) is 0 Å². The molecular formula is C28H29N3O6. The molecule has 1 N–H and O–H groups in total. The number of fused-ring (bicyclic) bond motifs is 1. The lowest BCUT2D eigenvalue weighted by Gasteiger charge is -2.24. The minimum absolute atomic E-state index is 0.0640. The Morgan fingerprint density at radius 1 is 0.973 bits per heavy atom. The molecule has 9 heteroatoms. The van der Waals surface area contributed by atoms with Crippen LogP contribution in [0.4, 0.5) is 0 Å². The van der Waals surface area contributed by atoms with Gasteiger partial charge in [-0.15, -0.1) is 0 Å². The van der Waals surface area contributed by atoms with E-state index in [2.05, 4.69) is 9.97 Å². The molecule has 0 unspecified atom stereocenters. The molecule has 0 saturated heterocycles. The summed E-state index contributed by atoms with van der Waals surface area (Å²) < 4.78 is 21.9. The lowest BCUT2D eigenvalue weighted by molar-refractivity contribution is 0.0728. The number of hydrogen-bond donors (Lipinski definition) is 1. The predicted molar refractivity (Wildman–Crippen MR) is 140 cm³/mol. The molecule has 37 heavy (non-hydrogen) atoms. The minimum atomic E-state index is -0.314. The van der Waals surface area contributed by atoms with E-state index in [9.17, 15) is 9.59 Å². The lowest BCUT2D eigenvalue weighted by atomic mass is 10.1. The van der Waals surface area contributed by atoms with Gasteiger partial charge in [-0.05, 0) is 55.0 Å². The third-order valence-electron chi connectivity index (χ3n) is 5.86. The number of carbonyl (C=O) groups is 1. The number of carbonyl (C=O) groups excluding carboxylic acids is 1. The number of ether oxygens (including phenoxy) is 4. The standard InChI is InChI=1S/C28H29N3O6/c1-5-37-22-8-9-23-19(12-22)11-21(27(32)30-23)17-31(16-18-7-6-10-29-15-18)28(33)20-13-24(34-2)26(36-4)25(14-20)35-3/h6-15H,5,16-17H2,1-4H3,(H,30,32). The van der Waals surface area contributed by atoms with Crippen molar-refractivity contribution in [3.63, 3.8) is 0 Å². The average Bonchev–Trinajstić information content (AvgIpc) is 2.92. The molecule has 4 rings (SSSR count). The number of rotatable bonds is 10. The molecule has 0 aliphatic rings. The number of pyridine rings is 2. The Bertz CT molecular complexity index is 1430. The van der Waals surface area contributed by atoms with Crippen LogP contribution in [-0.4, -0.2) is 48.7 Å². The van der Waals surface area contributed by atoms with E-state index in [0.717, 1.165) is 10.9 Å². The van der Waals surface area contributed by atoms with Crippen LogP contribution < -0.4 is 24.5 Å². The molecule has 0 fully saturated rings. The number of amides is 1. The molecule has 0 atom stereocenters. The number of H-pyrrole nitrogens is 1. The first kappa shape index (κ1) is 25.6. The summed E-state index contributed by atoms with van der Waals surface area (Å²) in [4.78, 5) is 35.5. The van der Waals surface area contributed by atoms with Crippen LogP contribution in [-0.2, 0) is 13.1 Å². The zero-order valence-electron chi connectivity index (χ0n) is 21.2. The van der Waals surface area contributed by atoms with Gasteiger partial charge in [-0.1, -0.05) is 6.07 Å². The first-order chi connectivity index (χ1) is 18.0. The summed E-state index contributed by atoms with van der Waals surface area (Å²) in [7, 11) is 4.48. The summed E-state index contributed by atoms with van der Waals surface area (Å²) in [5.41, 5.74) is 2.00. The van der Waals surface area contributed by atoms with Crippen LogP contribution in [0.1, 0.15) is 28.4 Å². The van der Waals surface area contributed by atoms with Gasteiger partial charge in [-0.25, -0.2) is 0 Å². The van der Waals surface area contributed by atoms with Crippen molar-refractivity contribution in [3.8, 4) is 23.0 Å². The monoisotopic (exact) mass is 503 g/mol. The molecular weight excluding hydrogens is 474 g/mol. The number of aromatic amines is 1. The third kappa shape index (κ3) is 5.66. The molecule has 2 heterocycles. The Hall–Kier alpha value is -4.53. The van der Waals surface area contributed by atoms with Crippen molar-refractivity contribution >= 4 is 16.8 Å². The van der Waals surface area contributed by atoms with Gasteiger partial charge in [-0.2, -0.15) is 0 Å². The first-order valence-electron chi connectivity index (χ1n) is 11.7. The van der Waals surface area contributed by atoms with E-state index >= 15 is 0 Å². The zero-order chi connectivity index (χ0) is 26.4. The summed E-state index contributed by atoms with van der Waals surface area (Å²) >= 11 is 0. The van der Waals surface area contributed by atoms with Crippen molar-refractivity contribution < 1.29 is 23.7 Å². The summed E-state index contributed by atoms with van der Waals surface area (Å²) in [5.74, 6) is 1.49. The molecule has 0 bridgehead atoms. The summed E-state index contributed by atoms with van der Waals surface area (Å²) in [6.07, 6.45) is 3.35. The lowest BCUT2D eigenvalue weighted by Crippen LogP contribution is -2.32. The van der Waals surface area contributed by atoms with Crippen molar-refractivity contribution in [3.05, 3.63) is 88.0 Å². The van der Waals surface area contributed by atoms with E-state index in [1.54, 1.807) is 47.6 Å². The third-order valence-corrected chi connectivity index (χ3v) is 5.86. The highest BCUT2D eigenvalue weighted by Crippen LogP contribution is 2.38. The van der Waals surface area contributed by atoms with Crippen LogP contribution in [0.2, 0.25) is 0 Å². The van der Waals surface area contributed by atoms with Gasteiger partial charge in [0.25, 0.3) is 11.5 Å². The van der Waals surface area contributed by atoms with E-state index in [1.807, 2.05) is 25.1 Å². The highest BCUT2D eigenvalue weighted by Gasteiger charge is 2.23. The largest absolute Gasteiger partial charge is 0.494 e. The first-order valence-corrected chi connectivity index (χ1v) is 11.7. The molecule has 0 saturated carbocycles. The SMILES string of the molecule is CCOc1ccc2[nH]c(=O)c(CN(Cc3cccnc3)C(=O)c3cc(OC)c(OC)c(OC)c3)cc2c1. The van der Waals surface area contributed by atoms with Crippen LogP contribution in [0.25, 0.3) is 10.9 Å². The predicted octanol–water partition coefficient (Wildman–Crippen LogP) is 4.19.